The second-order valence-corrected chi connectivity index (χ2v) is 3.08. The fourth-order valence-electron chi connectivity index (χ4n) is 1.18. The Labute approximate surface area is 91.8 Å². The van der Waals surface area contributed by atoms with Gasteiger partial charge in [0.15, 0.2) is 17.3 Å². The summed E-state index contributed by atoms with van der Waals surface area (Å²) in [5, 5.41) is 19.4. The van der Waals surface area contributed by atoms with E-state index in [0.717, 1.165) is 5.82 Å². The summed E-state index contributed by atoms with van der Waals surface area (Å²) in [5.41, 5.74) is 0.268. The van der Waals surface area contributed by atoms with Crippen molar-refractivity contribution in [3.05, 3.63) is 30.2 Å². The van der Waals surface area contributed by atoms with Crippen molar-refractivity contribution >= 4 is 5.82 Å². The van der Waals surface area contributed by atoms with Gasteiger partial charge in [-0.1, -0.05) is 0 Å². The van der Waals surface area contributed by atoms with E-state index < -0.39 is 0 Å². The lowest BCUT2D eigenvalue weighted by Gasteiger charge is -2.04. The van der Waals surface area contributed by atoms with Crippen LogP contribution < -0.4 is 5.32 Å². The first-order valence-electron chi connectivity index (χ1n) is 4.59. The highest BCUT2D eigenvalue weighted by molar-refractivity contribution is 5.46. The summed E-state index contributed by atoms with van der Waals surface area (Å²) in [6, 6.07) is 1.96. The lowest BCUT2D eigenvalue weighted by atomic mass is 10.4. The first-order chi connectivity index (χ1) is 7.81. The zero-order chi connectivity index (χ0) is 11.4. The lowest BCUT2D eigenvalue weighted by Crippen LogP contribution is -2.08. The summed E-state index contributed by atoms with van der Waals surface area (Å²) in [6.07, 6.45) is 4.62. The fraction of sp³-hybridized carbons (Fsp3) is 0.222. The third-order valence-corrected chi connectivity index (χ3v) is 2.02. The molecule has 7 heteroatoms. The highest BCUT2D eigenvalue weighted by atomic mass is 15.3. The second-order valence-electron chi connectivity index (χ2n) is 3.08. The van der Waals surface area contributed by atoms with Gasteiger partial charge in [-0.05, 0) is 0 Å². The summed E-state index contributed by atoms with van der Waals surface area (Å²) in [6.45, 7) is 0.448. The molecule has 0 aromatic carbocycles. The first-order valence-corrected chi connectivity index (χ1v) is 4.59. The average Bonchev–Trinajstić information content (AvgIpc) is 2.72. The van der Waals surface area contributed by atoms with Gasteiger partial charge in [0.05, 0.1) is 6.54 Å². The minimum atomic E-state index is 0.268. The van der Waals surface area contributed by atoms with Gasteiger partial charge >= 0.3 is 0 Å². The fourth-order valence-corrected chi connectivity index (χ4v) is 1.18. The van der Waals surface area contributed by atoms with Crippen LogP contribution in [0.15, 0.2) is 18.7 Å². The summed E-state index contributed by atoms with van der Waals surface area (Å²) < 4.78 is 1.79. The van der Waals surface area contributed by atoms with E-state index in [1.807, 2.05) is 13.1 Å². The number of nitrogens with zero attached hydrogens (tertiary/aromatic N) is 6. The normalized spacial score (nSPS) is 9.75. The van der Waals surface area contributed by atoms with Crippen LogP contribution in [0, 0.1) is 11.3 Å². The third kappa shape index (κ3) is 1.95. The molecule has 0 atom stereocenters. The predicted molar refractivity (Wildman–Crippen MR) is 55.1 cm³/mol. The maximum absolute atomic E-state index is 8.80. The number of anilines is 1. The molecule has 2 aromatic rings. The Balaban J connectivity index is 2.11. The molecule has 0 fully saturated rings. The number of aromatic nitrogens is 5. The maximum Gasteiger partial charge on any atom is 0.182 e. The third-order valence-electron chi connectivity index (χ3n) is 2.02. The van der Waals surface area contributed by atoms with E-state index in [9.17, 15) is 0 Å². The van der Waals surface area contributed by atoms with Crippen molar-refractivity contribution < 1.29 is 0 Å². The van der Waals surface area contributed by atoms with Crippen molar-refractivity contribution in [2.45, 2.75) is 6.54 Å². The Morgan fingerprint density at radius 2 is 2.25 bits per heavy atom. The van der Waals surface area contributed by atoms with Gasteiger partial charge in [0.25, 0.3) is 0 Å². The van der Waals surface area contributed by atoms with Gasteiger partial charge in [0.2, 0.25) is 0 Å². The summed E-state index contributed by atoms with van der Waals surface area (Å²) >= 11 is 0. The van der Waals surface area contributed by atoms with Crippen LogP contribution in [0.1, 0.15) is 11.5 Å². The van der Waals surface area contributed by atoms with Crippen molar-refractivity contribution in [2.75, 3.05) is 5.32 Å². The molecule has 1 N–H and O–H groups in total. The highest BCUT2D eigenvalue weighted by Crippen LogP contribution is 2.07. The van der Waals surface area contributed by atoms with Crippen LogP contribution in [0.2, 0.25) is 0 Å². The number of nitrogens with one attached hydrogen (secondary N) is 1. The Bertz CT molecular complexity index is 525. The standard InChI is InChI=1S/C9H9N7/c1-16-6-14-15-8(16)5-13-9-7(4-10)11-2-3-12-9/h2-3,6H,5H2,1H3,(H,12,13). The molecule has 7 nitrogen and oxygen atoms in total. The highest BCUT2D eigenvalue weighted by Gasteiger charge is 2.05. The molecule has 0 unspecified atom stereocenters. The molecule has 0 aliphatic rings. The lowest BCUT2D eigenvalue weighted by molar-refractivity contribution is 0.809. The van der Waals surface area contributed by atoms with E-state index in [1.54, 1.807) is 10.9 Å². The molecule has 0 spiro atoms. The van der Waals surface area contributed by atoms with E-state index in [4.69, 9.17) is 5.26 Å². The summed E-state index contributed by atoms with van der Waals surface area (Å²) in [5.74, 6) is 1.21. The van der Waals surface area contributed by atoms with Gasteiger partial charge in [-0.25, -0.2) is 9.97 Å². The van der Waals surface area contributed by atoms with Crippen LogP contribution in [0.3, 0.4) is 0 Å². The molecule has 0 aliphatic carbocycles. The Morgan fingerprint density at radius 3 is 2.94 bits per heavy atom. The zero-order valence-electron chi connectivity index (χ0n) is 8.62. The summed E-state index contributed by atoms with van der Waals surface area (Å²) in [7, 11) is 1.85. The van der Waals surface area contributed by atoms with Crippen LogP contribution in [0.5, 0.6) is 0 Å². The number of nitriles is 1. The topological polar surface area (TPSA) is 92.3 Å². The molecule has 0 bridgehead atoms. The van der Waals surface area contributed by atoms with Crippen LogP contribution in [-0.2, 0) is 13.6 Å². The minimum Gasteiger partial charge on any atom is -0.360 e. The van der Waals surface area contributed by atoms with Crippen molar-refractivity contribution in [1.29, 1.82) is 5.26 Å². The smallest absolute Gasteiger partial charge is 0.182 e. The predicted octanol–water partition coefficient (Wildman–Crippen LogP) is 0.0889. The molecule has 0 aliphatic heterocycles. The van der Waals surface area contributed by atoms with Crippen LogP contribution in [-0.4, -0.2) is 24.7 Å². The molecule has 2 aromatic heterocycles. The zero-order valence-corrected chi connectivity index (χ0v) is 8.62. The number of rotatable bonds is 3. The van der Waals surface area contributed by atoms with Crippen molar-refractivity contribution in [3.8, 4) is 6.07 Å². The summed E-state index contributed by atoms with van der Waals surface area (Å²) in [4.78, 5) is 7.92. The van der Waals surface area contributed by atoms with Gasteiger partial charge in [0, 0.05) is 19.4 Å². The quantitative estimate of drug-likeness (QED) is 0.779. The average molecular weight is 215 g/mol. The van der Waals surface area contributed by atoms with E-state index in [-0.39, 0.29) is 5.69 Å². The van der Waals surface area contributed by atoms with Crippen LogP contribution in [0.4, 0.5) is 5.82 Å². The maximum atomic E-state index is 8.80. The molecular weight excluding hydrogens is 206 g/mol. The van der Waals surface area contributed by atoms with Gasteiger partial charge < -0.3 is 9.88 Å². The van der Waals surface area contributed by atoms with Gasteiger partial charge in [0.1, 0.15) is 12.4 Å². The molecule has 16 heavy (non-hydrogen) atoms. The van der Waals surface area contributed by atoms with E-state index in [2.05, 4.69) is 25.5 Å². The Morgan fingerprint density at radius 1 is 1.44 bits per heavy atom. The number of hydrogen-bond acceptors (Lipinski definition) is 6. The largest absolute Gasteiger partial charge is 0.360 e. The van der Waals surface area contributed by atoms with Crippen molar-refractivity contribution in [1.82, 2.24) is 24.7 Å². The number of hydrogen-bond donors (Lipinski definition) is 1. The van der Waals surface area contributed by atoms with Crippen molar-refractivity contribution in [2.24, 2.45) is 7.05 Å². The van der Waals surface area contributed by atoms with E-state index in [0.29, 0.717) is 12.4 Å². The van der Waals surface area contributed by atoms with E-state index in [1.165, 1.54) is 12.4 Å². The van der Waals surface area contributed by atoms with Gasteiger partial charge in [-0.15, -0.1) is 10.2 Å². The molecule has 2 rings (SSSR count). The van der Waals surface area contributed by atoms with Gasteiger partial charge in [-0.3, -0.25) is 0 Å². The molecular formula is C9H9N7. The SMILES string of the molecule is Cn1cnnc1CNc1nccnc1C#N. The molecule has 0 saturated heterocycles. The molecule has 80 valence electrons. The van der Waals surface area contributed by atoms with E-state index >= 15 is 0 Å². The Hall–Kier alpha value is -2.49. The first kappa shape index (κ1) is 10.0. The number of aryl methyl sites for hydroxylation is 1. The van der Waals surface area contributed by atoms with Crippen LogP contribution in [0.25, 0.3) is 0 Å². The molecule has 0 saturated carbocycles. The minimum absolute atomic E-state index is 0.268. The molecule has 2 heterocycles. The monoisotopic (exact) mass is 215 g/mol. The van der Waals surface area contributed by atoms with Crippen molar-refractivity contribution in [3.63, 3.8) is 0 Å². The molecule has 0 amide bonds. The van der Waals surface area contributed by atoms with Gasteiger partial charge in [-0.2, -0.15) is 5.26 Å². The van der Waals surface area contributed by atoms with Crippen LogP contribution >= 0.6 is 0 Å². The second kappa shape index (κ2) is 4.35. The Kier molecular flexibility index (Phi) is 2.73. The molecule has 0 radical (unpaired) electrons.